The van der Waals surface area contributed by atoms with E-state index in [0.29, 0.717) is 18.1 Å². The molecule has 0 amide bonds. The third-order valence-electron chi connectivity index (χ3n) is 4.91. The van der Waals surface area contributed by atoms with Gasteiger partial charge in [0.2, 0.25) is 10.0 Å². The van der Waals surface area contributed by atoms with Gasteiger partial charge < -0.3 is 0 Å². The Bertz CT molecular complexity index is 1090. The maximum atomic E-state index is 13.3. The molecule has 4 rings (SSSR count). The lowest BCUT2D eigenvalue weighted by atomic mass is 10.2. The molecule has 3 aromatic rings. The van der Waals surface area contributed by atoms with Crippen LogP contribution in [0.3, 0.4) is 0 Å². The number of hydrogen-bond donors (Lipinski definition) is 0. The molecule has 0 saturated heterocycles. The van der Waals surface area contributed by atoms with Crippen molar-refractivity contribution < 1.29 is 12.8 Å². The SMILES string of the molecule is Cc1nn(C)c2ncc(S(=O)(=O)N(Cc3ccc(F)cc3)CC3CC3)cc12. The molecule has 0 unspecified atom stereocenters. The molecule has 1 saturated carbocycles. The van der Waals surface area contributed by atoms with Crippen molar-refractivity contribution in [2.24, 2.45) is 13.0 Å². The molecule has 2 aromatic heterocycles. The Morgan fingerprint density at radius 3 is 2.63 bits per heavy atom. The van der Waals surface area contributed by atoms with E-state index in [1.807, 2.05) is 6.92 Å². The molecule has 1 aromatic carbocycles. The number of aryl methyl sites for hydroxylation is 2. The normalized spacial score (nSPS) is 15.0. The van der Waals surface area contributed by atoms with Gasteiger partial charge in [-0.15, -0.1) is 0 Å². The van der Waals surface area contributed by atoms with Crippen LogP contribution in [0.25, 0.3) is 11.0 Å². The van der Waals surface area contributed by atoms with Crippen molar-refractivity contribution in [2.45, 2.75) is 31.2 Å². The van der Waals surface area contributed by atoms with Crippen molar-refractivity contribution in [3.05, 3.63) is 53.6 Å². The van der Waals surface area contributed by atoms with E-state index in [1.54, 1.807) is 29.9 Å². The summed E-state index contributed by atoms with van der Waals surface area (Å²) in [7, 11) is -1.94. The van der Waals surface area contributed by atoms with E-state index < -0.39 is 10.0 Å². The summed E-state index contributed by atoms with van der Waals surface area (Å²) >= 11 is 0. The smallest absolute Gasteiger partial charge is 0.244 e. The number of benzene rings is 1. The van der Waals surface area contributed by atoms with Gasteiger partial charge in [0.15, 0.2) is 5.65 Å². The molecule has 0 aliphatic heterocycles. The Balaban J connectivity index is 1.71. The second-order valence-corrected chi connectivity index (χ2v) is 9.06. The second-order valence-electron chi connectivity index (χ2n) is 7.12. The fourth-order valence-electron chi connectivity index (χ4n) is 3.21. The molecule has 6 nitrogen and oxygen atoms in total. The average molecular weight is 388 g/mol. The van der Waals surface area contributed by atoms with Crippen molar-refractivity contribution in [3.8, 4) is 0 Å². The largest absolute Gasteiger partial charge is 0.250 e. The Hall–Kier alpha value is -2.32. The highest BCUT2D eigenvalue weighted by Crippen LogP contribution is 2.33. The van der Waals surface area contributed by atoms with Crippen molar-refractivity contribution >= 4 is 21.1 Å². The minimum absolute atomic E-state index is 0.161. The molecule has 0 spiro atoms. The molecular formula is C19H21FN4O2S. The van der Waals surface area contributed by atoms with E-state index in [2.05, 4.69) is 10.1 Å². The Morgan fingerprint density at radius 1 is 1.26 bits per heavy atom. The van der Waals surface area contributed by atoms with Crippen LogP contribution in [0.5, 0.6) is 0 Å². The third kappa shape index (κ3) is 3.59. The highest BCUT2D eigenvalue weighted by Gasteiger charge is 2.32. The summed E-state index contributed by atoms with van der Waals surface area (Å²) in [5.41, 5.74) is 2.15. The van der Waals surface area contributed by atoms with Gasteiger partial charge >= 0.3 is 0 Å². The zero-order valence-corrected chi connectivity index (χ0v) is 16.1. The molecule has 1 fully saturated rings. The Morgan fingerprint density at radius 2 is 1.96 bits per heavy atom. The van der Waals surface area contributed by atoms with Crippen LogP contribution in [0.2, 0.25) is 0 Å². The minimum Gasteiger partial charge on any atom is -0.250 e. The molecule has 142 valence electrons. The van der Waals surface area contributed by atoms with Gasteiger partial charge in [-0.3, -0.25) is 4.68 Å². The van der Waals surface area contributed by atoms with Gasteiger partial charge in [-0.1, -0.05) is 12.1 Å². The number of rotatable bonds is 6. The summed E-state index contributed by atoms with van der Waals surface area (Å²) in [6.07, 6.45) is 3.46. The first-order valence-corrected chi connectivity index (χ1v) is 10.3. The first kappa shape index (κ1) is 18.1. The van der Waals surface area contributed by atoms with Crippen LogP contribution in [0.15, 0.2) is 41.4 Å². The van der Waals surface area contributed by atoms with E-state index in [9.17, 15) is 12.8 Å². The van der Waals surface area contributed by atoms with Crippen LogP contribution >= 0.6 is 0 Å². The molecule has 0 bridgehead atoms. The molecule has 0 N–H and O–H groups in total. The molecule has 8 heteroatoms. The zero-order chi connectivity index (χ0) is 19.2. The molecule has 0 radical (unpaired) electrons. The van der Waals surface area contributed by atoms with Gasteiger partial charge in [0, 0.05) is 31.7 Å². The number of halogens is 1. The number of pyridine rings is 1. The lowest BCUT2D eigenvalue weighted by Crippen LogP contribution is -2.32. The molecular weight excluding hydrogens is 367 g/mol. The summed E-state index contributed by atoms with van der Waals surface area (Å²) in [5.74, 6) is 0.0501. The van der Waals surface area contributed by atoms with Gasteiger partial charge in [-0.05, 0) is 49.4 Å². The van der Waals surface area contributed by atoms with E-state index in [1.165, 1.54) is 22.6 Å². The van der Waals surface area contributed by atoms with Crippen LogP contribution in [0.1, 0.15) is 24.1 Å². The quantitative estimate of drug-likeness (QED) is 0.651. The van der Waals surface area contributed by atoms with Crippen LogP contribution < -0.4 is 0 Å². The molecule has 1 aliphatic rings. The maximum Gasteiger partial charge on any atom is 0.244 e. The van der Waals surface area contributed by atoms with E-state index in [0.717, 1.165) is 29.5 Å². The summed E-state index contributed by atoms with van der Waals surface area (Å²) in [6, 6.07) is 7.59. The number of aromatic nitrogens is 3. The monoisotopic (exact) mass is 388 g/mol. The predicted molar refractivity (Wildman–Crippen MR) is 100.0 cm³/mol. The average Bonchev–Trinajstić information content (AvgIpc) is 3.41. The number of hydrogen-bond acceptors (Lipinski definition) is 4. The zero-order valence-electron chi connectivity index (χ0n) is 15.3. The summed E-state index contributed by atoms with van der Waals surface area (Å²) < 4.78 is 42.9. The maximum absolute atomic E-state index is 13.3. The van der Waals surface area contributed by atoms with E-state index >= 15 is 0 Å². The summed E-state index contributed by atoms with van der Waals surface area (Å²) in [4.78, 5) is 4.47. The third-order valence-corrected chi connectivity index (χ3v) is 6.68. The number of sulfonamides is 1. The van der Waals surface area contributed by atoms with Gasteiger partial charge in [-0.2, -0.15) is 9.40 Å². The van der Waals surface area contributed by atoms with Gasteiger partial charge in [0.25, 0.3) is 0 Å². The van der Waals surface area contributed by atoms with Crippen molar-refractivity contribution in [1.82, 2.24) is 19.1 Å². The van der Waals surface area contributed by atoms with Gasteiger partial charge in [-0.25, -0.2) is 17.8 Å². The fraction of sp³-hybridized carbons (Fsp3) is 0.368. The van der Waals surface area contributed by atoms with Crippen molar-refractivity contribution in [3.63, 3.8) is 0 Å². The Labute approximate surface area is 157 Å². The number of fused-ring (bicyclic) bond motifs is 1. The van der Waals surface area contributed by atoms with E-state index in [4.69, 9.17) is 0 Å². The summed E-state index contributed by atoms with van der Waals surface area (Å²) in [5, 5.41) is 5.03. The van der Waals surface area contributed by atoms with Crippen molar-refractivity contribution in [2.75, 3.05) is 6.54 Å². The Kier molecular flexibility index (Phi) is 4.47. The van der Waals surface area contributed by atoms with Gasteiger partial charge in [0.1, 0.15) is 10.7 Å². The fourth-order valence-corrected chi connectivity index (χ4v) is 4.69. The predicted octanol–water partition coefficient (Wildman–Crippen LogP) is 3.02. The molecule has 1 aliphatic carbocycles. The lowest BCUT2D eigenvalue weighted by Gasteiger charge is -2.22. The topological polar surface area (TPSA) is 68.1 Å². The number of nitrogens with zero attached hydrogens (tertiary/aromatic N) is 4. The second kappa shape index (κ2) is 6.69. The van der Waals surface area contributed by atoms with Crippen LogP contribution in [0, 0.1) is 18.7 Å². The van der Waals surface area contributed by atoms with Crippen LogP contribution in [-0.2, 0) is 23.6 Å². The lowest BCUT2D eigenvalue weighted by molar-refractivity contribution is 0.391. The van der Waals surface area contributed by atoms with Crippen LogP contribution in [0.4, 0.5) is 4.39 Å². The molecule has 2 heterocycles. The van der Waals surface area contributed by atoms with Crippen LogP contribution in [-0.4, -0.2) is 34.0 Å². The summed E-state index contributed by atoms with van der Waals surface area (Å²) in [6.45, 7) is 2.51. The van der Waals surface area contributed by atoms with Crippen molar-refractivity contribution in [1.29, 1.82) is 0 Å². The standard InChI is InChI=1S/C19H21FN4O2S/c1-13-18-9-17(10-21-19(18)23(2)22-13)27(25,26)24(11-14-3-4-14)12-15-5-7-16(20)8-6-15/h5-10,14H,3-4,11-12H2,1-2H3. The minimum atomic E-state index is -3.72. The first-order chi connectivity index (χ1) is 12.8. The molecule has 0 atom stereocenters. The van der Waals surface area contributed by atoms with Gasteiger partial charge in [0.05, 0.1) is 5.69 Å². The first-order valence-electron chi connectivity index (χ1n) is 8.88. The highest BCUT2D eigenvalue weighted by atomic mass is 32.2. The highest BCUT2D eigenvalue weighted by molar-refractivity contribution is 7.89. The molecule has 27 heavy (non-hydrogen) atoms. The van der Waals surface area contributed by atoms with E-state index in [-0.39, 0.29) is 17.3 Å².